The Balaban J connectivity index is 1.86. The van der Waals surface area contributed by atoms with E-state index in [-0.39, 0.29) is 12.0 Å². The van der Waals surface area contributed by atoms with Gasteiger partial charge in [0.2, 0.25) is 5.13 Å². The topological polar surface area (TPSA) is 90.1 Å². The lowest BCUT2D eigenvalue weighted by molar-refractivity contribution is 0.102. The molecule has 1 amide bonds. The number of methoxy groups -OCH3 is 1. The van der Waals surface area contributed by atoms with Gasteiger partial charge in [0.25, 0.3) is 5.91 Å². The number of nitrogens with one attached hydrogen (secondary N) is 1. The average Bonchev–Trinajstić information content (AvgIpc) is 3.21. The molecule has 1 aromatic carbocycles. The summed E-state index contributed by atoms with van der Waals surface area (Å²) in [7, 11) is 1.59. The number of hydrogen-bond donors (Lipinski definition) is 1. The Morgan fingerprint density at radius 2 is 2.04 bits per heavy atom. The van der Waals surface area contributed by atoms with Crippen molar-refractivity contribution in [3.05, 3.63) is 46.7 Å². The second kappa shape index (κ2) is 6.90. The van der Waals surface area contributed by atoms with Crippen LogP contribution in [-0.4, -0.2) is 28.4 Å². The van der Waals surface area contributed by atoms with E-state index in [1.54, 1.807) is 14.0 Å². The second-order valence-corrected chi connectivity index (χ2v) is 6.11. The standard InChI is InChI=1S/C16H16N4O3S/c1-9-12(13(20-23-9)11-7-5-4-6-8-11)14(21)17-16-19-18-15(24-16)10(2)22-3/h4-8,10H,1-3H3,(H,17,19,21). The number of anilines is 1. The lowest BCUT2D eigenvalue weighted by Gasteiger charge is -2.03. The number of rotatable bonds is 5. The van der Waals surface area contributed by atoms with Gasteiger partial charge in [0, 0.05) is 12.7 Å². The molecule has 0 aliphatic rings. The first kappa shape index (κ1) is 16.3. The van der Waals surface area contributed by atoms with E-state index in [4.69, 9.17) is 9.26 Å². The van der Waals surface area contributed by atoms with Crippen LogP contribution in [0.4, 0.5) is 5.13 Å². The van der Waals surface area contributed by atoms with E-state index in [0.717, 1.165) is 5.56 Å². The fourth-order valence-electron chi connectivity index (χ4n) is 2.14. The van der Waals surface area contributed by atoms with Crippen LogP contribution < -0.4 is 5.32 Å². The molecule has 0 fully saturated rings. The largest absolute Gasteiger partial charge is 0.374 e. The molecule has 0 saturated heterocycles. The molecule has 1 unspecified atom stereocenters. The Morgan fingerprint density at radius 3 is 2.75 bits per heavy atom. The number of carbonyl (C=O) groups is 1. The van der Waals surface area contributed by atoms with Crippen LogP contribution in [0, 0.1) is 6.92 Å². The minimum Gasteiger partial charge on any atom is -0.374 e. The highest BCUT2D eigenvalue weighted by molar-refractivity contribution is 7.15. The van der Waals surface area contributed by atoms with Gasteiger partial charge >= 0.3 is 0 Å². The molecule has 2 aromatic heterocycles. The summed E-state index contributed by atoms with van der Waals surface area (Å²) in [6.07, 6.45) is -0.176. The van der Waals surface area contributed by atoms with Crippen LogP contribution in [0.3, 0.4) is 0 Å². The van der Waals surface area contributed by atoms with Crippen LogP contribution in [0.1, 0.15) is 34.2 Å². The monoisotopic (exact) mass is 344 g/mol. The van der Waals surface area contributed by atoms with Gasteiger partial charge in [-0.05, 0) is 13.8 Å². The van der Waals surface area contributed by atoms with Gasteiger partial charge in [-0.3, -0.25) is 10.1 Å². The van der Waals surface area contributed by atoms with Crippen LogP contribution in [0.15, 0.2) is 34.9 Å². The molecule has 0 spiro atoms. The van der Waals surface area contributed by atoms with Crippen LogP contribution in [-0.2, 0) is 4.74 Å². The number of nitrogens with zero attached hydrogens (tertiary/aromatic N) is 3. The van der Waals surface area contributed by atoms with Crippen molar-refractivity contribution in [3.8, 4) is 11.3 Å². The summed E-state index contributed by atoms with van der Waals surface area (Å²) in [5.74, 6) is 0.113. The van der Waals surface area contributed by atoms with Crippen molar-refractivity contribution in [2.75, 3.05) is 12.4 Å². The summed E-state index contributed by atoms with van der Waals surface area (Å²) in [6, 6.07) is 9.40. The zero-order valence-electron chi connectivity index (χ0n) is 13.4. The van der Waals surface area contributed by atoms with Gasteiger partial charge in [0.1, 0.15) is 28.1 Å². The van der Waals surface area contributed by atoms with Crippen LogP contribution >= 0.6 is 11.3 Å². The van der Waals surface area contributed by atoms with Gasteiger partial charge in [-0.2, -0.15) is 0 Å². The number of ether oxygens (including phenoxy) is 1. The Labute approximate surface area is 142 Å². The first-order valence-electron chi connectivity index (χ1n) is 7.29. The number of aryl methyl sites for hydroxylation is 1. The molecule has 0 aliphatic carbocycles. The van der Waals surface area contributed by atoms with Crippen molar-refractivity contribution in [2.45, 2.75) is 20.0 Å². The zero-order chi connectivity index (χ0) is 17.1. The maximum absolute atomic E-state index is 12.6. The highest BCUT2D eigenvalue weighted by Gasteiger charge is 2.23. The number of carbonyl (C=O) groups excluding carboxylic acids is 1. The highest BCUT2D eigenvalue weighted by atomic mass is 32.1. The van der Waals surface area contributed by atoms with E-state index < -0.39 is 0 Å². The van der Waals surface area contributed by atoms with Gasteiger partial charge < -0.3 is 9.26 Å². The first-order chi connectivity index (χ1) is 11.6. The molecule has 24 heavy (non-hydrogen) atoms. The number of benzene rings is 1. The summed E-state index contributed by atoms with van der Waals surface area (Å²) in [4.78, 5) is 12.6. The van der Waals surface area contributed by atoms with Crippen molar-refractivity contribution in [1.29, 1.82) is 0 Å². The van der Waals surface area contributed by atoms with E-state index in [1.165, 1.54) is 11.3 Å². The minimum atomic E-state index is -0.333. The van der Waals surface area contributed by atoms with Crippen molar-refractivity contribution < 1.29 is 14.1 Å². The zero-order valence-corrected chi connectivity index (χ0v) is 14.3. The molecular formula is C16H16N4O3S. The quantitative estimate of drug-likeness (QED) is 0.762. The van der Waals surface area contributed by atoms with E-state index in [9.17, 15) is 4.79 Å². The third-order valence-electron chi connectivity index (χ3n) is 3.50. The van der Waals surface area contributed by atoms with Crippen LogP contribution in [0.5, 0.6) is 0 Å². The van der Waals surface area contributed by atoms with Crippen molar-refractivity contribution in [1.82, 2.24) is 15.4 Å². The molecule has 3 rings (SSSR count). The smallest absolute Gasteiger partial charge is 0.263 e. The summed E-state index contributed by atoms with van der Waals surface area (Å²) in [5.41, 5.74) is 1.70. The van der Waals surface area contributed by atoms with Gasteiger partial charge in [0.05, 0.1) is 0 Å². The Kier molecular flexibility index (Phi) is 4.68. The molecule has 8 heteroatoms. The van der Waals surface area contributed by atoms with Crippen molar-refractivity contribution in [2.24, 2.45) is 0 Å². The Hall–Kier alpha value is -2.58. The summed E-state index contributed by atoms with van der Waals surface area (Å²) in [5, 5.41) is 15.8. The van der Waals surface area contributed by atoms with Crippen LogP contribution in [0.2, 0.25) is 0 Å². The highest BCUT2D eigenvalue weighted by Crippen LogP contribution is 2.27. The molecule has 0 bridgehead atoms. The molecule has 2 heterocycles. The number of amides is 1. The maximum atomic E-state index is 12.6. The molecule has 0 saturated carbocycles. The van der Waals surface area contributed by atoms with Gasteiger partial charge in [0.15, 0.2) is 0 Å². The molecule has 0 aliphatic heterocycles. The predicted octanol–water partition coefficient (Wildman–Crippen LogP) is 3.46. The van der Waals surface area contributed by atoms with Crippen LogP contribution in [0.25, 0.3) is 11.3 Å². The van der Waals surface area contributed by atoms with Crippen molar-refractivity contribution in [3.63, 3.8) is 0 Å². The molecular weight excluding hydrogens is 328 g/mol. The molecule has 1 N–H and O–H groups in total. The minimum absolute atomic E-state index is 0.176. The maximum Gasteiger partial charge on any atom is 0.263 e. The Bertz CT molecular complexity index is 844. The molecule has 124 valence electrons. The summed E-state index contributed by atoms with van der Waals surface area (Å²) in [6.45, 7) is 3.57. The second-order valence-electron chi connectivity index (χ2n) is 5.11. The number of aromatic nitrogens is 3. The third kappa shape index (κ3) is 3.19. The lowest BCUT2D eigenvalue weighted by atomic mass is 10.1. The van der Waals surface area contributed by atoms with E-state index in [1.807, 2.05) is 37.3 Å². The SMILES string of the molecule is COC(C)c1nnc(NC(=O)c2c(-c3ccccc3)noc2C)s1. The molecule has 1 atom stereocenters. The fourth-order valence-corrected chi connectivity index (χ4v) is 2.91. The summed E-state index contributed by atoms with van der Waals surface area (Å²) < 4.78 is 10.4. The van der Waals surface area contributed by atoms with Gasteiger partial charge in [-0.25, -0.2) is 0 Å². The van der Waals surface area contributed by atoms with Gasteiger partial charge in [-0.15, -0.1) is 10.2 Å². The normalized spacial score (nSPS) is 12.1. The predicted molar refractivity (Wildman–Crippen MR) is 90.0 cm³/mol. The Morgan fingerprint density at radius 1 is 1.29 bits per heavy atom. The molecule has 3 aromatic rings. The molecule has 7 nitrogen and oxygen atoms in total. The van der Waals surface area contributed by atoms with E-state index >= 15 is 0 Å². The number of hydrogen-bond acceptors (Lipinski definition) is 7. The average molecular weight is 344 g/mol. The summed E-state index contributed by atoms with van der Waals surface area (Å²) >= 11 is 1.27. The van der Waals surface area contributed by atoms with Gasteiger partial charge in [-0.1, -0.05) is 46.8 Å². The molecule has 0 radical (unpaired) electrons. The lowest BCUT2D eigenvalue weighted by Crippen LogP contribution is -2.13. The third-order valence-corrected chi connectivity index (χ3v) is 4.50. The fraction of sp³-hybridized carbons (Fsp3) is 0.250. The van der Waals surface area contributed by atoms with E-state index in [0.29, 0.717) is 27.2 Å². The van der Waals surface area contributed by atoms with Crippen molar-refractivity contribution >= 4 is 22.4 Å². The van der Waals surface area contributed by atoms with E-state index in [2.05, 4.69) is 20.7 Å². The first-order valence-corrected chi connectivity index (χ1v) is 8.11.